The van der Waals surface area contributed by atoms with Crippen molar-refractivity contribution in [2.75, 3.05) is 17.7 Å². The Morgan fingerprint density at radius 3 is 2.38 bits per heavy atom. The Balaban J connectivity index is 1.23. The zero-order chi connectivity index (χ0) is 34.9. The van der Waals surface area contributed by atoms with E-state index in [1.807, 2.05) is 59.3 Å². The highest BCUT2D eigenvalue weighted by molar-refractivity contribution is 8.00. The van der Waals surface area contributed by atoms with E-state index in [1.165, 1.54) is 48.4 Å². The van der Waals surface area contributed by atoms with Crippen LogP contribution in [0.1, 0.15) is 26.7 Å². The first-order chi connectivity index (χ1) is 24.4. The minimum Gasteiger partial charge on any atom is -0.508 e. The molecule has 0 radical (unpaired) electrons. The van der Waals surface area contributed by atoms with Crippen molar-refractivity contribution in [3.63, 3.8) is 0 Å². The van der Waals surface area contributed by atoms with E-state index < -0.39 is 17.1 Å². The molecule has 2 heterocycles. The Bertz CT molecular complexity index is 2130. The SMILES string of the molecule is COc1cc(O)ccc1/C=C(/NC(=O)c1ccccc1)C(=O)Nc1cccc(SC(C(=O)Nc2nc(-c3cccs3)cs2)c2ccccc2)c1. The van der Waals surface area contributed by atoms with Crippen molar-refractivity contribution >= 4 is 69.1 Å². The molecule has 1 atom stereocenters. The maximum absolute atomic E-state index is 13.7. The van der Waals surface area contributed by atoms with E-state index in [2.05, 4.69) is 20.9 Å². The van der Waals surface area contributed by atoms with Crippen LogP contribution in [0.2, 0.25) is 0 Å². The highest BCUT2D eigenvalue weighted by atomic mass is 32.2. The van der Waals surface area contributed by atoms with E-state index in [0.717, 1.165) is 21.0 Å². The molecule has 9 nitrogen and oxygen atoms in total. The number of benzene rings is 4. The van der Waals surface area contributed by atoms with Crippen LogP contribution in [0.4, 0.5) is 10.8 Å². The summed E-state index contributed by atoms with van der Waals surface area (Å²) in [4.78, 5) is 47.0. The van der Waals surface area contributed by atoms with Gasteiger partial charge in [0, 0.05) is 33.2 Å². The third kappa shape index (κ3) is 8.66. The number of hydrogen-bond acceptors (Lipinski definition) is 9. The number of hydrogen-bond donors (Lipinski definition) is 4. The van der Waals surface area contributed by atoms with Gasteiger partial charge in [-0.25, -0.2) is 4.98 Å². The van der Waals surface area contributed by atoms with Gasteiger partial charge in [0.1, 0.15) is 22.4 Å². The van der Waals surface area contributed by atoms with Crippen molar-refractivity contribution < 1.29 is 24.2 Å². The third-order valence-corrected chi connectivity index (χ3v) is 10.1. The van der Waals surface area contributed by atoms with Gasteiger partial charge in [-0.1, -0.05) is 60.7 Å². The fraction of sp³-hybridized carbons (Fsp3) is 0.0526. The van der Waals surface area contributed by atoms with Gasteiger partial charge in [0.25, 0.3) is 11.8 Å². The number of carbonyl (C=O) groups is 3. The molecule has 6 rings (SSSR count). The number of aromatic hydroxyl groups is 1. The summed E-state index contributed by atoms with van der Waals surface area (Å²) in [7, 11) is 1.44. The molecule has 0 spiro atoms. The summed E-state index contributed by atoms with van der Waals surface area (Å²) in [6, 6.07) is 33.5. The van der Waals surface area contributed by atoms with Crippen LogP contribution in [0, 0.1) is 0 Å². The molecule has 0 aliphatic heterocycles. The highest BCUT2D eigenvalue weighted by Crippen LogP contribution is 2.38. The summed E-state index contributed by atoms with van der Waals surface area (Å²) >= 11 is 4.28. The standard InChI is InChI=1S/C38H30N4O5S3/c1-47-32-22-28(43)18-17-26(32)20-30(40-35(44)25-12-6-3-7-13-25)36(45)39-27-14-8-15-29(21-27)50-34(24-10-4-2-5-11-24)37(46)42-38-41-31(23-49-38)33-16-9-19-48-33/h2-23,34,43H,1H3,(H,39,45)(H,40,44)(H,41,42,46)/b30-20+. The molecule has 0 aliphatic carbocycles. The molecule has 4 aromatic carbocycles. The lowest BCUT2D eigenvalue weighted by Gasteiger charge is -2.17. The molecule has 0 saturated carbocycles. The van der Waals surface area contributed by atoms with E-state index in [0.29, 0.717) is 27.7 Å². The molecule has 12 heteroatoms. The minimum absolute atomic E-state index is 0.00935. The molecule has 50 heavy (non-hydrogen) atoms. The number of phenols is 1. The number of ether oxygens (including phenoxy) is 1. The molecule has 0 aliphatic rings. The molecule has 0 fully saturated rings. The minimum atomic E-state index is -0.626. The number of nitrogens with one attached hydrogen (secondary N) is 3. The molecule has 3 amide bonds. The predicted molar refractivity (Wildman–Crippen MR) is 201 cm³/mol. The van der Waals surface area contributed by atoms with Gasteiger partial charge in [0.15, 0.2) is 5.13 Å². The van der Waals surface area contributed by atoms with Crippen molar-refractivity contribution in [1.82, 2.24) is 10.3 Å². The van der Waals surface area contributed by atoms with Crippen LogP contribution in [-0.4, -0.2) is 34.9 Å². The summed E-state index contributed by atoms with van der Waals surface area (Å²) in [5.74, 6) is -1.000. The summed E-state index contributed by atoms with van der Waals surface area (Å²) in [5.41, 5.74) is 2.85. The van der Waals surface area contributed by atoms with Crippen LogP contribution in [0.5, 0.6) is 11.5 Å². The Labute approximate surface area is 300 Å². The molecular formula is C38H30N4O5S3. The maximum atomic E-state index is 13.7. The smallest absolute Gasteiger partial charge is 0.272 e. The average molecular weight is 719 g/mol. The van der Waals surface area contributed by atoms with Crippen LogP contribution in [0.3, 0.4) is 0 Å². The van der Waals surface area contributed by atoms with Crippen molar-refractivity contribution in [3.05, 3.63) is 148 Å². The van der Waals surface area contributed by atoms with Gasteiger partial charge in [-0.3, -0.25) is 14.4 Å². The monoisotopic (exact) mass is 718 g/mol. The summed E-state index contributed by atoms with van der Waals surface area (Å²) in [6.07, 6.45) is 1.48. The second-order valence-corrected chi connectivity index (χ2v) is 13.7. The average Bonchev–Trinajstić information content (AvgIpc) is 3.85. The maximum Gasteiger partial charge on any atom is 0.272 e. The molecule has 0 bridgehead atoms. The Hall–Kier alpha value is -5.69. The van der Waals surface area contributed by atoms with Crippen molar-refractivity contribution in [2.24, 2.45) is 0 Å². The molecule has 6 aromatic rings. The number of carbonyl (C=O) groups excluding carboxylic acids is 3. The quantitative estimate of drug-likeness (QED) is 0.0738. The molecule has 1 unspecified atom stereocenters. The fourth-order valence-electron chi connectivity index (χ4n) is 4.84. The number of rotatable bonds is 12. The zero-order valence-corrected chi connectivity index (χ0v) is 29.0. The van der Waals surface area contributed by atoms with Crippen LogP contribution in [0.15, 0.2) is 137 Å². The molecule has 2 aromatic heterocycles. The Morgan fingerprint density at radius 1 is 0.860 bits per heavy atom. The van der Waals surface area contributed by atoms with E-state index in [-0.39, 0.29) is 17.4 Å². The molecular weight excluding hydrogens is 689 g/mol. The molecule has 4 N–H and O–H groups in total. The number of thiazole rings is 1. The van der Waals surface area contributed by atoms with Crippen molar-refractivity contribution in [3.8, 4) is 22.1 Å². The highest BCUT2D eigenvalue weighted by Gasteiger charge is 2.24. The fourth-order valence-corrected chi connectivity index (χ4v) is 7.40. The van der Waals surface area contributed by atoms with E-state index >= 15 is 0 Å². The second kappa shape index (κ2) is 16.1. The Kier molecular flexibility index (Phi) is 11.0. The number of methoxy groups -OCH3 is 1. The molecule has 0 saturated heterocycles. The van der Waals surface area contributed by atoms with Gasteiger partial charge in [-0.2, -0.15) is 0 Å². The summed E-state index contributed by atoms with van der Waals surface area (Å²) in [6.45, 7) is 0. The van der Waals surface area contributed by atoms with Gasteiger partial charge in [0.05, 0.1) is 17.7 Å². The number of aromatic nitrogens is 1. The van der Waals surface area contributed by atoms with Crippen LogP contribution in [-0.2, 0) is 9.59 Å². The number of thioether (sulfide) groups is 1. The zero-order valence-electron chi connectivity index (χ0n) is 26.5. The van der Waals surface area contributed by atoms with E-state index in [9.17, 15) is 19.5 Å². The lowest BCUT2D eigenvalue weighted by Crippen LogP contribution is -2.30. The second-order valence-electron chi connectivity index (χ2n) is 10.7. The van der Waals surface area contributed by atoms with Crippen LogP contribution in [0.25, 0.3) is 16.6 Å². The van der Waals surface area contributed by atoms with E-state index in [4.69, 9.17) is 4.74 Å². The number of phenolic OH excluding ortho intramolecular Hbond substituents is 1. The Morgan fingerprint density at radius 2 is 1.64 bits per heavy atom. The van der Waals surface area contributed by atoms with Crippen LogP contribution < -0.4 is 20.7 Å². The third-order valence-electron chi connectivity index (χ3n) is 7.24. The first kappa shape index (κ1) is 34.2. The number of anilines is 2. The number of nitrogens with zero attached hydrogens (tertiary/aromatic N) is 1. The number of amides is 3. The lowest BCUT2D eigenvalue weighted by molar-refractivity contribution is -0.116. The van der Waals surface area contributed by atoms with Gasteiger partial charge in [0.2, 0.25) is 5.91 Å². The number of thiophene rings is 1. The van der Waals surface area contributed by atoms with Crippen LogP contribution >= 0.6 is 34.4 Å². The van der Waals surface area contributed by atoms with Gasteiger partial charge in [-0.05, 0) is 65.6 Å². The lowest BCUT2D eigenvalue weighted by atomic mass is 10.1. The topological polar surface area (TPSA) is 130 Å². The first-order valence-electron chi connectivity index (χ1n) is 15.2. The van der Waals surface area contributed by atoms with Gasteiger partial charge >= 0.3 is 0 Å². The van der Waals surface area contributed by atoms with Gasteiger partial charge in [-0.15, -0.1) is 34.4 Å². The van der Waals surface area contributed by atoms with E-state index in [1.54, 1.807) is 65.9 Å². The summed E-state index contributed by atoms with van der Waals surface area (Å²) < 4.78 is 5.39. The normalized spacial score (nSPS) is 11.7. The molecule has 250 valence electrons. The largest absolute Gasteiger partial charge is 0.508 e. The van der Waals surface area contributed by atoms with Crippen molar-refractivity contribution in [1.29, 1.82) is 0 Å². The predicted octanol–water partition coefficient (Wildman–Crippen LogP) is 8.47. The summed E-state index contributed by atoms with van der Waals surface area (Å²) in [5, 5.41) is 22.3. The first-order valence-corrected chi connectivity index (χ1v) is 17.9. The van der Waals surface area contributed by atoms with Crippen molar-refractivity contribution in [2.45, 2.75) is 10.1 Å². The van der Waals surface area contributed by atoms with Gasteiger partial charge < -0.3 is 25.8 Å².